The van der Waals surface area contributed by atoms with Crippen LogP contribution in [0.3, 0.4) is 0 Å². The zero-order valence-electron chi connectivity index (χ0n) is 14.6. The Labute approximate surface area is 156 Å². The number of rotatable bonds is 6. The molecular weight excluding hydrogens is 343 g/mol. The van der Waals surface area contributed by atoms with Gasteiger partial charge in [-0.1, -0.05) is 48.5 Å². The van der Waals surface area contributed by atoms with Crippen molar-refractivity contribution < 1.29 is 14.0 Å². The standard InChI is InChI=1S/C22H19FN2O2/c23-18-11-4-8-15(13-12-14-6-2-1-3-7-14)19(18)20-16(21(24)26)9-5-10-17(20)22(25)27/h1-11H,12-13H2,(H2,24,26)(H2,25,27). The van der Waals surface area contributed by atoms with Crippen LogP contribution in [-0.4, -0.2) is 11.8 Å². The molecule has 3 rings (SSSR count). The van der Waals surface area contributed by atoms with Crippen molar-refractivity contribution in [2.75, 3.05) is 0 Å². The van der Waals surface area contributed by atoms with Crippen molar-refractivity contribution in [3.8, 4) is 11.1 Å². The Hall–Kier alpha value is -3.47. The lowest BCUT2D eigenvalue weighted by molar-refractivity contribution is 0.0999. The van der Waals surface area contributed by atoms with Gasteiger partial charge in [0.15, 0.2) is 0 Å². The van der Waals surface area contributed by atoms with E-state index in [9.17, 15) is 14.0 Å². The number of carbonyl (C=O) groups excluding carboxylic acids is 2. The average molecular weight is 362 g/mol. The minimum atomic E-state index is -0.745. The van der Waals surface area contributed by atoms with Crippen molar-refractivity contribution in [2.24, 2.45) is 11.5 Å². The van der Waals surface area contributed by atoms with Crippen LogP contribution >= 0.6 is 0 Å². The number of carbonyl (C=O) groups is 2. The summed E-state index contributed by atoms with van der Waals surface area (Å²) in [6.45, 7) is 0. The van der Waals surface area contributed by atoms with Crippen LogP contribution in [0.5, 0.6) is 0 Å². The molecule has 0 heterocycles. The smallest absolute Gasteiger partial charge is 0.249 e. The molecule has 0 saturated heterocycles. The number of aryl methyl sites for hydroxylation is 2. The first-order valence-electron chi connectivity index (χ1n) is 8.53. The molecule has 0 aliphatic rings. The first kappa shape index (κ1) is 18.3. The quantitative estimate of drug-likeness (QED) is 0.703. The van der Waals surface area contributed by atoms with Crippen molar-refractivity contribution in [3.05, 3.63) is 94.8 Å². The molecule has 0 unspecified atom stereocenters. The van der Waals surface area contributed by atoms with E-state index in [4.69, 9.17) is 11.5 Å². The first-order valence-corrected chi connectivity index (χ1v) is 8.53. The highest BCUT2D eigenvalue weighted by atomic mass is 19.1. The summed E-state index contributed by atoms with van der Waals surface area (Å²) < 4.78 is 14.8. The molecule has 3 aromatic rings. The molecule has 0 saturated carbocycles. The van der Waals surface area contributed by atoms with E-state index in [1.807, 2.05) is 30.3 Å². The maximum atomic E-state index is 14.8. The second-order valence-electron chi connectivity index (χ2n) is 6.22. The molecule has 136 valence electrons. The largest absolute Gasteiger partial charge is 0.366 e. The van der Waals surface area contributed by atoms with E-state index >= 15 is 0 Å². The molecule has 27 heavy (non-hydrogen) atoms. The van der Waals surface area contributed by atoms with Gasteiger partial charge in [0.05, 0.1) is 0 Å². The van der Waals surface area contributed by atoms with Crippen LogP contribution < -0.4 is 11.5 Å². The molecule has 0 fully saturated rings. The molecular formula is C22H19FN2O2. The van der Waals surface area contributed by atoms with Gasteiger partial charge in [0.2, 0.25) is 11.8 Å². The van der Waals surface area contributed by atoms with Gasteiger partial charge in [-0.05, 0) is 42.2 Å². The van der Waals surface area contributed by atoms with E-state index in [0.717, 1.165) is 5.56 Å². The third-order valence-corrected chi connectivity index (χ3v) is 4.47. The summed E-state index contributed by atoms with van der Waals surface area (Å²) in [5.41, 5.74) is 13.2. The van der Waals surface area contributed by atoms with E-state index in [1.165, 1.54) is 24.3 Å². The third kappa shape index (κ3) is 3.87. The molecule has 4 nitrogen and oxygen atoms in total. The van der Waals surface area contributed by atoms with E-state index in [2.05, 4.69) is 0 Å². The number of hydrogen-bond donors (Lipinski definition) is 2. The Morgan fingerprint density at radius 3 is 1.89 bits per heavy atom. The van der Waals surface area contributed by atoms with E-state index in [-0.39, 0.29) is 22.3 Å². The highest BCUT2D eigenvalue weighted by Crippen LogP contribution is 2.33. The number of halogens is 1. The summed E-state index contributed by atoms with van der Waals surface area (Å²) in [6.07, 6.45) is 1.21. The van der Waals surface area contributed by atoms with Crippen LogP contribution in [0.2, 0.25) is 0 Å². The summed E-state index contributed by atoms with van der Waals surface area (Å²) >= 11 is 0. The first-order chi connectivity index (χ1) is 13.0. The summed E-state index contributed by atoms with van der Waals surface area (Å²) in [4.78, 5) is 23.8. The summed E-state index contributed by atoms with van der Waals surface area (Å²) in [7, 11) is 0. The van der Waals surface area contributed by atoms with E-state index < -0.39 is 17.6 Å². The van der Waals surface area contributed by atoms with Gasteiger partial charge in [0.25, 0.3) is 0 Å². The Balaban J connectivity index is 2.15. The average Bonchev–Trinajstić information content (AvgIpc) is 2.66. The molecule has 3 aromatic carbocycles. The molecule has 0 spiro atoms. The van der Waals surface area contributed by atoms with Crippen molar-refractivity contribution in [1.82, 2.24) is 0 Å². The fraction of sp³-hybridized carbons (Fsp3) is 0.0909. The number of hydrogen-bond acceptors (Lipinski definition) is 2. The maximum absolute atomic E-state index is 14.8. The Bertz CT molecular complexity index is 968. The lowest BCUT2D eigenvalue weighted by Crippen LogP contribution is -2.19. The number of amides is 2. The third-order valence-electron chi connectivity index (χ3n) is 4.47. The fourth-order valence-electron chi connectivity index (χ4n) is 3.21. The zero-order chi connectivity index (χ0) is 19.4. The van der Waals surface area contributed by atoms with E-state index in [1.54, 1.807) is 12.1 Å². The molecule has 0 bridgehead atoms. The number of nitrogens with two attached hydrogens (primary N) is 2. The van der Waals surface area contributed by atoms with Gasteiger partial charge in [0, 0.05) is 22.3 Å². The zero-order valence-corrected chi connectivity index (χ0v) is 14.6. The van der Waals surface area contributed by atoms with Gasteiger partial charge in [-0.3, -0.25) is 9.59 Å². The van der Waals surface area contributed by atoms with Crippen LogP contribution in [0.4, 0.5) is 4.39 Å². The van der Waals surface area contributed by atoms with Gasteiger partial charge in [0.1, 0.15) is 5.82 Å². The van der Waals surface area contributed by atoms with Gasteiger partial charge >= 0.3 is 0 Å². The van der Waals surface area contributed by atoms with Crippen molar-refractivity contribution in [3.63, 3.8) is 0 Å². The van der Waals surface area contributed by atoms with E-state index in [0.29, 0.717) is 18.4 Å². The molecule has 4 N–H and O–H groups in total. The lowest BCUT2D eigenvalue weighted by Gasteiger charge is -2.16. The molecule has 0 atom stereocenters. The Morgan fingerprint density at radius 2 is 1.30 bits per heavy atom. The van der Waals surface area contributed by atoms with Crippen molar-refractivity contribution >= 4 is 11.8 Å². The normalized spacial score (nSPS) is 10.6. The second-order valence-corrected chi connectivity index (χ2v) is 6.22. The van der Waals surface area contributed by atoms with Crippen molar-refractivity contribution in [2.45, 2.75) is 12.8 Å². The number of benzene rings is 3. The second kappa shape index (κ2) is 7.83. The molecule has 5 heteroatoms. The van der Waals surface area contributed by atoms with Gasteiger partial charge in [-0.2, -0.15) is 0 Å². The minimum Gasteiger partial charge on any atom is -0.366 e. The minimum absolute atomic E-state index is 0.0670. The van der Waals surface area contributed by atoms with Gasteiger partial charge in [-0.15, -0.1) is 0 Å². The fourth-order valence-corrected chi connectivity index (χ4v) is 3.21. The van der Waals surface area contributed by atoms with Gasteiger partial charge in [-0.25, -0.2) is 4.39 Å². The maximum Gasteiger partial charge on any atom is 0.249 e. The topological polar surface area (TPSA) is 86.2 Å². The summed E-state index contributed by atoms with van der Waals surface area (Å²) in [6, 6.07) is 18.9. The number of primary amides is 2. The van der Waals surface area contributed by atoms with Crippen LogP contribution in [0.15, 0.2) is 66.7 Å². The Morgan fingerprint density at radius 1 is 0.704 bits per heavy atom. The van der Waals surface area contributed by atoms with Crippen LogP contribution in [-0.2, 0) is 12.8 Å². The lowest BCUT2D eigenvalue weighted by atomic mass is 9.88. The predicted molar refractivity (Wildman–Crippen MR) is 103 cm³/mol. The molecule has 0 radical (unpaired) electrons. The Kier molecular flexibility index (Phi) is 5.31. The monoisotopic (exact) mass is 362 g/mol. The summed E-state index contributed by atoms with van der Waals surface area (Å²) in [5, 5.41) is 0. The molecule has 2 amide bonds. The van der Waals surface area contributed by atoms with Crippen LogP contribution in [0, 0.1) is 5.82 Å². The van der Waals surface area contributed by atoms with Crippen LogP contribution in [0.25, 0.3) is 11.1 Å². The summed E-state index contributed by atoms with van der Waals surface area (Å²) in [5.74, 6) is -2.02. The molecule has 0 aliphatic carbocycles. The van der Waals surface area contributed by atoms with Crippen LogP contribution in [0.1, 0.15) is 31.8 Å². The highest BCUT2D eigenvalue weighted by molar-refractivity contribution is 6.08. The predicted octanol–water partition coefficient (Wildman–Crippen LogP) is 3.48. The highest BCUT2D eigenvalue weighted by Gasteiger charge is 2.22. The molecule has 0 aliphatic heterocycles. The molecule has 0 aromatic heterocycles. The SMILES string of the molecule is NC(=O)c1cccc(C(N)=O)c1-c1c(F)cccc1CCc1ccccc1. The van der Waals surface area contributed by atoms with Gasteiger partial charge < -0.3 is 11.5 Å². The van der Waals surface area contributed by atoms with Crippen molar-refractivity contribution in [1.29, 1.82) is 0 Å².